The molecule has 1 N–H and O–H groups in total. The average Bonchev–Trinajstić information content (AvgIpc) is 3.52. The summed E-state index contributed by atoms with van der Waals surface area (Å²) in [6.07, 6.45) is 4.22. The number of nitrogens with zero attached hydrogens (tertiary/aromatic N) is 7. The van der Waals surface area contributed by atoms with Crippen LogP contribution < -0.4 is 4.90 Å². The highest BCUT2D eigenvalue weighted by atomic mass is 35.5. The highest BCUT2D eigenvalue weighted by Gasteiger charge is 2.36. The van der Waals surface area contributed by atoms with Gasteiger partial charge in [-0.3, -0.25) is 0 Å². The smallest absolute Gasteiger partial charge is 0.319 e. The molecule has 6 heterocycles. The number of hydrogen-bond acceptors (Lipinski definition) is 7. The molecule has 6 rings (SSSR count). The number of anilines is 1. The van der Waals surface area contributed by atoms with Crippen LogP contribution in [0.25, 0.3) is 17.1 Å². The van der Waals surface area contributed by atoms with E-state index in [-0.39, 0.29) is 23.6 Å². The lowest BCUT2D eigenvalue weighted by Crippen LogP contribution is -2.36. The first-order chi connectivity index (χ1) is 15.2. The van der Waals surface area contributed by atoms with Crippen LogP contribution in [0.3, 0.4) is 0 Å². The lowest BCUT2D eigenvalue weighted by Gasteiger charge is -2.32. The number of aromatic amines is 1. The van der Waals surface area contributed by atoms with Crippen molar-refractivity contribution in [3.05, 3.63) is 77.0 Å². The van der Waals surface area contributed by atoms with Crippen molar-refractivity contribution in [1.29, 1.82) is 0 Å². The maximum atomic E-state index is 13.5. The fourth-order valence-corrected chi connectivity index (χ4v) is 4.09. The first-order valence-electron chi connectivity index (χ1n) is 9.56. The van der Waals surface area contributed by atoms with Crippen molar-refractivity contribution in [2.75, 3.05) is 11.4 Å². The molecule has 5 aromatic heterocycles. The maximum Gasteiger partial charge on any atom is 0.319 e. The molecule has 1 atom stereocenters. The maximum absolute atomic E-state index is 13.5. The zero-order chi connectivity index (χ0) is 20.9. The number of rotatable bonds is 3. The number of hydrogen-bond donors (Lipinski definition) is 1. The summed E-state index contributed by atoms with van der Waals surface area (Å²) in [7, 11) is 0. The quantitative estimate of drug-likeness (QED) is 0.432. The van der Waals surface area contributed by atoms with Gasteiger partial charge in [0.15, 0.2) is 0 Å². The van der Waals surface area contributed by atoms with Crippen molar-refractivity contribution in [3.63, 3.8) is 0 Å². The van der Waals surface area contributed by atoms with Crippen molar-refractivity contribution in [1.82, 2.24) is 34.8 Å². The lowest BCUT2D eigenvalue weighted by molar-refractivity contribution is 0.501. The zero-order valence-corrected chi connectivity index (χ0v) is 16.7. The summed E-state index contributed by atoms with van der Waals surface area (Å²) >= 11 is 6.35. The highest BCUT2D eigenvalue weighted by molar-refractivity contribution is 6.33. The SMILES string of the molecule is Fc1cccc(-c2nnc(N3CCc4[nH]cnc4[C@@H]3c3cc4c(Cl)cccn4n3)o2)n1. The topological polar surface area (TPSA) is 101 Å². The molecule has 9 nitrogen and oxygen atoms in total. The molecule has 0 aromatic carbocycles. The second-order valence-corrected chi connectivity index (χ2v) is 7.51. The molecule has 0 bridgehead atoms. The zero-order valence-electron chi connectivity index (χ0n) is 15.9. The summed E-state index contributed by atoms with van der Waals surface area (Å²) in [5, 5.41) is 13.6. The Morgan fingerprint density at radius 3 is 3.00 bits per heavy atom. The van der Waals surface area contributed by atoms with Crippen molar-refractivity contribution in [3.8, 4) is 11.6 Å². The Bertz CT molecular complexity index is 1410. The fraction of sp³-hybridized carbons (Fsp3) is 0.150. The minimum atomic E-state index is -0.615. The Balaban J connectivity index is 1.45. The molecule has 0 radical (unpaired) electrons. The average molecular weight is 437 g/mol. The van der Waals surface area contributed by atoms with E-state index in [9.17, 15) is 4.39 Å². The number of halogens is 2. The predicted molar refractivity (Wildman–Crippen MR) is 109 cm³/mol. The third-order valence-corrected chi connectivity index (χ3v) is 5.59. The normalized spacial score (nSPS) is 16.1. The molecule has 0 aliphatic carbocycles. The summed E-state index contributed by atoms with van der Waals surface area (Å²) in [5.74, 6) is -0.477. The second kappa shape index (κ2) is 6.88. The minimum Gasteiger partial charge on any atom is -0.402 e. The van der Waals surface area contributed by atoms with Gasteiger partial charge in [-0.25, -0.2) is 14.5 Å². The summed E-state index contributed by atoms with van der Waals surface area (Å²) in [6, 6.07) is 9.91. The first kappa shape index (κ1) is 18.0. The predicted octanol–water partition coefficient (Wildman–Crippen LogP) is 3.45. The Kier molecular flexibility index (Phi) is 4.00. The van der Waals surface area contributed by atoms with Crippen molar-refractivity contribution in [2.45, 2.75) is 12.5 Å². The highest BCUT2D eigenvalue weighted by Crippen LogP contribution is 2.37. The minimum absolute atomic E-state index is 0.138. The number of aromatic nitrogens is 7. The third kappa shape index (κ3) is 2.95. The molecule has 1 aliphatic heterocycles. The number of H-pyrrole nitrogens is 1. The molecule has 0 saturated carbocycles. The summed E-state index contributed by atoms with van der Waals surface area (Å²) in [5.41, 5.74) is 3.65. The molecule has 5 aromatic rings. The van der Waals surface area contributed by atoms with Crippen LogP contribution in [-0.4, -0.2) is 41.3 Å². The van der Waals surface area contributed by atoms with E-state index >= 15 is 0 Å². The molecule has 1 aliphatic rings. The van der Waals surface area contributed by atoms with Gasteiger partial charge in [-0.05, 0) is 30.3 Å². The van der Waals surface area contributed by atoms with Gasteiger partial charge in [0.2, 0.25) is 5.95 Å². The van der Waals surface area contributed by atoms with Crippen LogP contribution in [0.4, 0.5) is 10.4 Å². The Morgan fingerprint density at radius 1 is 1.19 bits per heavy atom. The number of pyridine rings is 2. The molecule has 154 valence electrons. The molecule has 31 heavy (non-hydrogen) atoms. The van der Waals surface area contributed by atoms with Crippen molar-refractivity contribution < 1.29 is 8.81 Å². The van der Waals surface area contributed by atoms with Crippen molar-refractivity contribution >= 4 is 23.1 Å². The molecule has 0 amide bonds. The van der Waals surface area contributed by atoms with Crippen LogP contribution in [0.5, 0.6) is 0 Å². The van der Waals surface area contributed by atoms with Gasteiger partial charge in [-0.2, -0.15) is 9.49 Å². The van der Waals surface area contributed by atoms with Gasteiger partial charge in [0, 0.05) is 24.9 Å². The van der Waals surface area contributed by atoms with Crippen LogP contribution in [0.1, 0.15) is 23.1 Å². The van der Waals surface area contributed by atoms with Gasteiger partial charge in [0.25, 0.3) is 5.89 Å². The monoisotopic (exact) mass is 436 g/mol. The number of nitrogens with one attached hydrogen (secondary N) is 1. The third-order valence-electron chi connectivity index (χ3n) is 5.27. The Labute approximate surface area is 179 Å². The Morgan fingerprint density at radius 2 is 2.13 bits per heavy atom. The van der Waals surface area contributed by atoms with E-state index in [1.165, 1.54) is 6.07 Å². The number of imidazole rings is 1. The number of fused-ring (bicyclic) bond motifs is 2. The first-order valence-corrected chi connectivity index (χ1v) is 9.94. The van der Waals surface area contributed by atoms with Gasteiger partial charge in [0.05, 0.1) is 28.3 Å². The van der Waals surface area contributed by atoms with E-state index in [4.69, 9.17) is 21.1 Å². The van der Waals surface area contributed by atoms with Gasteiger partial charge in [-0.1, -0.05) is 22.8 Å². The van der Waals surface area contributed by atoms with E-state index in [1.807, 2.05) is 29.3 Å². The van der Waals surface area contributed by atoms with Gasteiger partial charge < -0.3 is 14.3 Å². The lowest BCUT2D eigenvalue weighted by atomic mass is 10.0. The van der Waals surface area contributed by atoms with E-state index < -0.39 is 5.95 Å². The van der Waals surface area contributed by atoms with Crippen LogP contribution >= 0.6 is 11.6 Å². The molecular formula is C20H14ClFN8O. The molecule has 0 fully saturated rings. The standard InChI is InChI=1S/C20H14ClFN8O/c21-11-3-2-7-30-15(11)9-14(28-30)18-17-12(23-10-24-17)6-8-29(18)20-27-26-19(31-20)13-4-1-5-16(22)25-13/h1-5,7,9-10,18H,6,8H2,(H,23,24)/t18-/m0/s1. The van der Waals surface area contributed by atoms with Crippen LogP contribution in [0, 0.1) is 5.95 Å². The van der Waals surface area contributed by atoms with Gasteiger partial charge >= 0.3 is 6.01 Å². The van der Waals surface area contributed by atoms with Gasteiger partial charge in [-0.15, -0.1) is 5.10 Å². The van der Waals surface area contributed by atoms with E-state index in [1.54, 1.807) is 23.0 Å². The summed E-state index contributed by atoms with van der Waals surface area (Å²) in [4.78, 5) is 13.5. The van der Waals surface area contributed by atoms with Gasteiger partial charge in [0.1, 0.15) is 11.7 Å². The van der Waals surface area contributed by atoms with Crippen molar-refractivity contribution in [2.24, 2.45) is 0 Å². The Hall–Kier alpha value is -3.79. The largest absolute Gasteiger partial charge is 0.402 e. The molecule has 0 saturated heterocycles. The molecule has 11 heteroatoms. The van der Waals surface area contributed by atoms with E-state index in [0.29, 0.717) is 11.6 Å². The van der Waals surface area contributed by atoms with Crippen LogP contribution in [0.2, 0.25) is 5.02 Å². The fourth-order valence-electron chi connectivity index (χ4n) is 3.88. The molecular weight excluding hydrogens is 423 g/mol. The van der Waals surface area contributed by atoms with E-state index in [2.05, 4.69) is 25.1 Å². The summed E-state index contributed by atoms with van der Waals surface area (Å²) in [6.45, 7) is 0.597. The second-order valence-electron chi connectivity index (χ2n) is 7.10. The van der Waals surface area contributed by atoms with Crippen LogP contribution in [-0.2, 0) is 6.42 Å². The molecule has 0 unspecified atom stereocenters. The molecule has 0 spiro atoms. The van der Waals surface area contributed by atoms with E-state index in [0.717, 1.165) is 29.0 Å². The van der Waals surface area contributed by atoms with Crippen LogP contribution in [0.15, 0.2) is 53.3 Å². The summed E-state index contributed by atoms with van der Waals surface area (Å²) < 4.78 is 21.1.